The maximum Gasteiger partial charge on any atom is 0.226 e. The van der Waals surface area contributed by atoms with Gasteiger partial charge >= 0.3 is 0 Å². The molecule has 0 bridgehead atoms. The number of hydrogen-bond acceptors (Lipinski definition) is 2. The third-order valence-corrected chi connectivity index (χ3v) is 1.54. The lowest BCUT2D eigenvalue weighted by Crippen LogP contribution is -2.11. The first-order valence-electron chi connectivity index (χ1n) is 4.14. The number of allylic oxidation sites excluding steroid dienone is 1. The number of anilines is 1. The van der Waals surface area contributed by atoms with E-state index in [4.69, 9.17) is 0 Å². The van der Waals surface area contributed by atoms with Crippen LogP contribution in [0.5, 0.6) is 0 Å². The van der Waals surface area contributed by atoms with Crippen molar-refractivity contribution >= 4 is 11.9 Å². The van der Waals surface area contributed by atoms with Crippen LogP contribution in [-0.2, 0) is 4.79 Å². The second-order valence-corrected chi connectivity index (χ2v) is 2.79. The number of hydrogen-bond donors (Lipinski definition) is 2. The first kappa shape index (κ1) is 9.51. The van der Waals surface area contributed by atoms with Gasteiger partial charge < -0.3 is 4.98 Å². The summed E-state index contributed by atoms with van der Waals surface area (Å²) in [5, 5.41) is 2.64. The van der Waals surface area contributed by atoms with Gasteiger partial charge in [-0.15, -0.1) is 6.58 Å². The molecule has 0 aliphatic carbocycles. The van der Waals surface area contributed by atoms with Crippen LogP contribution in [0.1, 0.15) is 18.5 Å². The average molecular weight is 179 g/mol. The van der Waals surface area contributed by atoms with Crippen molar-refractivity contribution in [3.8, 4) is 0 Å². The second-order valence-electron chi connectivity index (χ2n) is 2.79. The number of imidazole rings is 1. The molecule has 0 unspecified atom stereocenters. The van der Waals surface area contributed by atoms with Gasteiger partial charge in [-0.05, 0) is 13.3 Å². The summed E-state index contributed by atoms with van der Waals surface area (Å²) < 4.78 is 0. The van der Waals surface area contributed by atoms with Gasteiger partial charge in [0.05, 0.1) is 0 Å². The summed E-state index contributed by atoms with van der Waals surface area (Å²) in [6.07, 6.45) is 4.52. The van der Waals surface area contributed by atoms with E-state index in [9.17, 15) is 4.79 Å². The lowest BCUT2D eigenvalue weighted by molar-refractivity contribution is -0.116. The lowest BCUT2D eigenvalue weighted by atomic mass is 10.3. The van der Waals surface area contributed by atoms with E-state index in [2.05, 4.69) is 21.9 Å². The Morgan fingerprint density at radius 2 is 2.62 bits per heavy atom. The van der Waals surface area contributed by atoms with Gasteiger partial charge in [0.25, 0.3) is 0 Å². The highest BCUT2D eigenvalue weighted by Gasteiger charge is 2.02. The third-order valence-electron chi connectivity index (χ3n) is 1.54. The number of nitrogens with one attached hydrogen (secondary N) is 2. The summed E-state index contributed by atoms with van der Waals surface area (Å²) in [4.78, 5) is 18.0. The van der Waals surface area contributed by atoms with E-state index in [-0.39, 0.29) is 5.91 Å². The lowest BCUT2D eigenvalue weighted by Gasteiger charge is -1.98. The maximum absolute atomic E-state index is 11.2. The molecule has 0 radical (unpaired) electrons. The molecule has 0 spiro atoms. The van der Waals surface area contributed by atoms with Gasteiger partial charge in [-0.25, -0.2) is 4.98 Å². The second kappa shape index (κ2) is 4.45. The van der Waals surface area contributed by atoms with E-state index in [0.29, 0.717) is 18.8 Å². The summed E-state index contributed by atoms with van der Waals surface area (Å²) >= 11 is 0. The number of aryl methyl sites for hydroxylation is 1. The van der Waals surface area contributed by atoms with Crippen molar-refractivity contribution < 1.29 is 4.79 Å². The van der Waals surface area contributed by atoms with Gasteiger partial charge in [-0.1, -0.05) is 6.08 Å². The zero-order valence-corrected chi connectivity index (χ0v) is 7.63. The van der Waals surface area contributed by atoms with Gasteiger partial charge in [-0.3, -0.25) is 10.1 Å². The average Bonchev–Trinajstić information content (AvgIpc) is 2.48. The largest absolute Gasteiger partial charge is 0.328 e. The van der Waals surface area contributed by atoms with Crippen molar-refractivity contribution in [3.05, 3.63) is 24.5 Å². The Bertz CT molecular complexity index is 304. The van der Waals surface area contributed by atoms with Crippen LogP contribution in [0.25, 0.3) is 0 Å². The summed E-state index contributed by atoms with van der Waals surface area (Å²) in [6.45, 7) is 5.42. The first-order chi connectivity index (χ1) is 6.22. The number of aromatic nitrogens is 2. The fraction of sp³-hybridized carbons (Fsp3) is 0.333. The zero-order chi connectivity index (χ0) is 9.68. The summed E-state index contributed by atoms with van der Waals surface area (Å²) in [5.74, 6) is 0.459. The van der Waals surface area contributed by atoms with Crippen LogP contribution in [0.3, 0.4) is 0 Å². The highest BCUT2D eigenvalue weighted by molar-refractivity contribution is 5.88. The minimum absolute atomic E-state index is 0.0470. The van der Waals surface area contributed by atoms with Crippen LogP contribution in [-0.4, -0.2) is 15.9 Å². The molecule has 4 heteroatoms. The van der Waals surface area contributed by atoms with Gasteiger partial charge in [0.1, 0.15) is 0 Å². The van der Waals surface area contributed by atoms with Crippen molar-refractivity contribution in [1.82, 2.24) is 9.97 Å². The number of amides is 1. The third kappa shape index (κ3) is 3.11. The Morgan fingerprint density at radius 1 is 1.85 bits per heavy atom. The summed E-state index contributed by atoms with van der Waals surface area (Å²) in [7, 11) is 0. The van der Waals surface area contributed by atoms with Crippen LogP contribution in [0, 0.1) is 6.92 Å². The zero-order valence-electron chi connectivity index (χ0n) is 7.63. The van der Waals surface area contributed by atoms with E-state index in [0.717, 1.165) is 5.69 Å². The quantitative estimate of drug-likeness (QED) is 0.690. The molecule has 0 aliphatic rings. The molecule has 0 atom stereocenters. The molecule has 1 heterocycles. The molecule has 1 aromatic rings. The maximum atomic E-state index is 11.2. The van der Waals surface area contributed by atoms with E-state index < -0.39 is 0 Å². The topological polar surface area (TPSA) is 57.8 Å². The fourth-order valence-corrected chi connectivity index (χ4v) is 0.904. The number of nitrogens with zero attached hydrogens (tertiary/aromatic N) is 1. The Labute approximate surface area is 77.1 Å². The summed E-state index contributed by atoms with van der Waals surface area (Å²) in [5.41, 5.74) is 0.930. The van der Waals surface area contributed by atoms with Crippen molar-refractivity contribution in [2.45, 2.75) is 19.8 Å². The minimum atomic E-state index is -0.0470. The number of H-pyrrole nitrogens is 1. The standard InChI is InChI=1S/C9H13N3O/c1-3-4-5-8(13)12-9-10-6-7(2)11-9/h3,6H,1,4-5H2,2H3,(H2,10,11,12,13). The molecule has 0 saturated heterocycles. The molecule has 0 aliphatic heterocycles. The Hall–Kier alpha value is -1.58. The molecule has 70 valence electrons. The Balaban J connectivity index is 2.40. The van der Waals surface area contributed by atoms with Crippen LogP contribution in [0.2, 0.25) is 0 Å². The highest BCUT2D eigenvalue weighted by Crippen LogP contribution is 2.01. The van der Waals surface area contributed by atoms with Crippen molar-refractivity contribution in [2.75, 3.05) is 5.32 Å². The molecule has 0 aromatic carbocycles. The molecule has 0 fully saturated rings. The molecule has 4 nitrogen and oxygen atoms in total. The molecular weight excluding hydrogens is 166 g/mol. The van der Waals surface area contributed by atoms with Crippen LogP contribution in [0.4, 0.5) is 5.95 Å². The smallest absolute Gasteiger partial charge is 0.226 e. The van der Waals surface area contributed by atoms with Crippen molar-refractivity contribution in [1.29, 1.82) is 0 Å². The molecule has 2 N–H and O–H groups in total. The van der Waals surface area contributed by atoms with E-state index in [1.165, 1.54) is 0 Å². The fourth-order valence-electron chi connectivity index (χ4n) is 0.904. The van der Waals surface area contributed by atoms with Gasteiger partial charge in [0.2, 0.25) is 11.9 Å². The van der Waals surface area contributed by atoms with Gasteiger partial charge in [0.15, 0.2) is 0 Å². The number of carbonyl (C=O) groups excluding carboxylic acids is 1. The van der Waals surface area contributed by atoms with E-state index >= 15 is 0 Å². The monoisotopic (exact) mass is 179 g/mol. The predicted octanol–water partition coefficient (Wildman–Crippen LogP) is 1.62. The van der Waals surface area contributed by atoms with E-state index in [1.807, 2.05) is 6.92 Å². The van der Waals surface area contributed by atoms with Crippen LogP contribution >= 0.6 is 0 Å². The molecule has 1 amide bonds. The highest BCUT2D eigenvalue weighted by atomic mass is 16.1. The van der Waals surface area contributed by atoms with Gasteiger partial charge in [-0.2, -0.15) is 0 Å². The molecule has 1 rings (SSSR count). The molecular formula is C9H13N3O. The summed E-state index contributed by atoms with van der Waals surface area (Å²) in [6, 6.07) is 0. The Kier molecular flexibility index (Phi) is 3.25. The normalized spacial score (nSPS) is 9.62. The molecule has 1 aromatic heterocycles. The SMILES string of the molecule is C=CCCC(=O)Nc1ncc(C)[nH]1. The molecule has 0 saturated carbocycles. The Morgan fingerprint density at radius 3 is 3.15 bits per heavy atom. The molecule has 13 heavy (non-hydrogen) atoms. The minimum Gasteiger partial charge on any atom is -0.328 e. The first-order valence-corrected chi connectivity index (χ1v) is 4.14. The number of rotatable bonds is 4. The van der Waals surface area contributed by atoms with Crippen LogP contribution in [0.15, 0.2) is 18.9 Å². The van der Waals surface area contributed by atoms with Crippen molar-refractivity contribution in [3.63, 3.8) is 0 Å². The van der Waals surface area contributed by atoms with Gasteiger partial charge in [0, 0.05) is 18.3 Å². The number of carbonyl (C=O) groups is 1. The van der Waals surface area contributed by atoms with E-state index in [1.54, 1.807) is 12.3 Å². The van der Waals surface area contributed by atoms with Crippen molar-refractivity contribution in [2.24, 2.45) is 0 Å². The van der Waals surface area contributed by atoms with Crippen LogP contribution < -0.4 is 5.32 Å². The predicted molar refractivity (Wildman–Crippen MR) is 51.4 cm³/mol. The number of aromatic amines is 1.